The van der Waals surface area contributed by atoms with Crippen LogP contribution in [0.2, 0.25) is 0 Å². The molecule has 3 aromatic rings. The molecule has 0 atom stereocenters. The highest BCUT2D eigenvalue weighted by atomic mass is 32.2. The number of piperazine rings is 1. The molecule has 10 heteroatoms. The Labute approximate surface area is 194 Å². The van der Waals surface area contributed by atoms with Crippen LogP contribution in [0, 0.1) is 18.3 Å². The van der Waals surface area contributed by atoms with Crippen molar-refractivity contribution in [3.63, 3.8) is 0 Å². The van der Waals surface area contributed by atoms with Crippen molar-refractivity contribution in [3.05, 3.63) is 65.2 Å². The molecule has 0 bridgehead atoms. The van der Waals surface area contributed by atoms with Crippen molar-refractivity contribution in [1.29, 1.82) is 5.26 Å². The van der Waals surface area contributed by atoms with Crippen LogP contribution < -0.4 is 14.9 Å². The third-order valence-electron chi connectivity index (χ3n) is 5.23. The molecule has 0 saturated carbocycles. The maximum Gasteiger partial charge on any atom is 0.418 e. The molecule has 2 aromatic heterocycles. The summed E-state index contributed by atoms with van der Waals surface area (Å²) in [7, 11) is 0. The molecular formula is C23H21F3N6S. The van der Waals surface area contributed by atoms with E-state index in [0.29, 0.717) is 10.6 Å². The molecule has 1 saturated heterocycles. The Kier molecular flexibility index (Phi) is 6.72. The molecule has 170 valence electrons. The van der Waals surface area contributed by atoms with Crippen molar-refractivity contribution in [1.82, 2.24) is 15.3 Å². The fraction of sp³-hybridized carbons (Fsp3) is 0.261. The van der Waals surface area contributed by atoms with E-state index < -0.39 is 11.7 Å². The van der Waals surface area contributed by atoms with Gasteiger partial charge in [0.25, 0.3) is 0 Å². The van der Waals surface area contributed by atoms with Crippen molar-refractivity contribution in [2.45, 2.75) is 18.1 Å². The summed E-state index contributed by atoms with van der Waals surface area (Å²) in [4.78, 5) is 11.1. The van der Waals surface area contributed by atoms with E-state index in [1.165, 1.54) is 24.1 Å². The highest BCUT2D eigenvalue weighted by Gasteiger charge is 2.35. The molecule has 0 aliphatic carbocycles. The first-order valence-corrected chi connectivity index (χ1v) is 11.1. The summed E-state index contributed by atoms with van der Waals surface area (Å²) in [5.41, 5.74) is 0.0727. The van der Waals surface area contributed by atoms with Gasteiger partial charge in [0.15, 0.2) is 0 Å². The van der Waals surface area contributed by atoms with Crippen LogP contribution in [0.4, 0.5) is 24.8 Å². The molecule has 0 amide bonds. The molecule has 2 N–H and O–H groups in total. The van der Waals surface area contributed by atoms with Gasteiger partial charge in [0.2, 0.25) is 0 Å². The minimum absolute atomic E-state index is 0.217. The monoisotopic (exact) mass is 470 g/mol. The maximum atomic E-state index is 13.7. The second-order valence-corrected chi connectivity index (χ2v) is 8.33. The predicted molar refractivity (Wildman–Crippen MR) is 123 cm³/mol. The Morgan fingerprint density at radius 3 is 2.61 bits per heavy atom. The Morgan fingerprint density at radius 2 is 1.88 bits per heavy atom. The zero-order valence-corrected chi connectivity index (χ0v) is 18.6. The van der Waals surface area contributed by atoms with Crippen LogP contribution in [0.25, 0.3) is 11.3 Å². The van der Waals surface area contributed by atoms with Gasteiger partial charge in [-0.15, -0.1) is 0 Å². The van der Waals surface area contributed by atoms with Gasteiger partial charge in [-0.05, 0) is 48.9 Å². The molecule has 3 heterocycles. The smallest absolute Gasteiger partial charge is 0.354 e. The molecule has 1 aliphatic rings. The van der Waals surface area contributed by atoms with Gasteiger partial charge in [0.05, 0.1) is 22.9 Å². The van der Waals surface area contributed by atoms with Gasteiger partial charge in [-0.2, -0.15) is 18.4 Å². The average Bonchev–Trinajstić information content (AvgIpc) is 2.83. The summed E-state index contributed by atoms with van der Waals surface area (Å²) in [6.45, 7) is 5.20. The summed E-state index contributed by atoms with van der Waals surface area (Å²) in [6.07, 6.45) is -4.58. The normalized spacial score (nSPS) is 14.1. The largest absolute Gasteiger partial charge is 0.418 e. The quantitative estimate of drug-likeness (QED) is 0.515. The Morgan fingerprint density at radius 1 is 1.09 bits per heavy atom. The molecule has 0 radical (unpaired) electrons. The number of nitrogens with zero attached hydrogens (tertiary/aromatic N) is 4. The van der Waals surface area contributed by atoms with E-state index in [1.807, 2.05) is 24.3 Å². The highest BCUT2D eigenvalue weighted by Crippen LogP contribution is 2.38. The van der Waals surface area contributed by atoms with Crippen molar-refractivity contribution in [3.8, 4) is 17.3 Å². The first-order chi connectivity index (χ1) is 15.8. The number of aryl methyl sites for hydroxylation is 1. The molecule has 0 spiro atoms. The lowest BCUT2D eigenvalue weighted by molar-refractivity contribution is -0.137. The van der Waals surface area contributed by atoms with Gasteiger partial charge in [0, 0.05) is 43.7 Å². The van der Waals surface area contributed by atoms with E-state index in [2.05, 4.69) is 24.9 Å². The summed E-state index contributed by atoms with van der Waals surface area (Å²) in [5, 5.41) is 13.2. The highest BCUT2D eigenvalue weighted by molar-refractivity contribution is 8.00. The number of rotatable bonds is 5. The topological polar surface area (TPSA) is 76.9 Å². The van der Waals surface area contributed by atoms with E-state index in [4.69, 9.17) is 0 Å². The zero-order valence-electron chi connectivity index (χ0n) is 17.8. The van der Waals surface area contributed by atoms with E-state index >= 15 is 0 Å². The van der Waals surface area contributed by atoms with Gasteiger partial charge in [0.1, 0.15) is 16.7 Å². The van der Waals surface area contributed by atoms with Crippen LogP contribution in [0.15, 0.2) is 53.6 Å². The average molecular weight is 471 g/mol. The van der Waals surface area contributed by atoms with Gasteiger partial charge < -0.3 is 14.9 Å². The Bertz CT molecular complexity index is 1190. The summed E-state index contributed by atoms with van der Waals surface area (Å²) in [6, 6.07) is 14.6. The van der Waals surface area contributed by atoms with Crippen molar-refractivity contribution in [2.24, 2.45) is 0 Å². The molecular weight excluding hydrogens is 449 g/mol. The first-order valence-electron chi connectivity index (χ1n) is 10.3. The van der Waals surface area contributed by atoms with Crippen molar-refractivity contribution >= 4 is 23.6 Å². The van der Waals surface area contributed by atoms with Crippen molar-refractivity contribution in [2.75, 3.05) is 35.8 Å². The number of nitrogens with one attached hydrogen (secondary N) is 2. The molecule has 33 heavy (non-hydrogen) atoms. The standard InChI is InChI=1S/C23H21F3N6S/c1-15-5-6-16(14-27)13-17(15)22-18(23(24,25)26)7-8-19(29-22)31-33-21-4-2-3-20(30-21)32-11-9-28-10-12-32/h2-8,13,28H,9-12H2,1H3,(H,29,31). The molecule has 6 nitrogen and oxygen atoms in total. The minimum Gasteiger partial charge on any atom is -0.354 e. The van der Waals surface area contributed by atoms with Gasteiger partial charge in [-0.25, -0.2) is 9.97 Å². The lowest BCUT2D eigenvalue weighted by Crippen LogP contribution is -2.43. The van der Waals surface area contributed by atoms with Crippen LogP contribution >= 0.6 is 11.9 Å². The van der Waals surface area contributed by atoms with Crippen LogP contribution in [-0.4, -0.2) is 36.1 Å². The maximum absolute atomic E-state index is 13.7. The van der Waals surface area contributed by atoms with Crippen LogP contribution in [0.3, 0.4) is 0 Å². The third-order valence-corrected chi connectivity index (χ3v) is 5.98. The first kappa shape index (κ1) is 22.9. The summed E-state index contributed by atoms with van der Waals surface area (Å²) >= 11 is 1.18. The molecule has 0 unspecified atom stereocenters. The number of halogens is 3. The number of hydrogen-bond donors (Lipinski definition) is 2. The number of alkyl halides is 3. The number of anilines is 2. The number of aromatic nitrogens is 2. The van der Waals surface area contributed by atoms with E-state index in [0.717, 1.165) is 38.1 Å². The van der Waals surface area contributed by atoms with E-state index in [9.17, 15) is 18.4 Å². The fourth-order valence-corrected chi connectivity index (χ4v) is 4.14. The number of hydrogen-bond acceptors (Lipinski definition) is 7. The third kappa shape index (κ3) is 5.38. The molecule has 1 aliphatic heterocycles. The van der Waals surface area contributed by atoms with Crippen LogP contribution in [0.1, 0.15) is 16.7 Å². The second kappa shape index (κ2) is 9.68. The summed E-state index contributed by atoms with van der Waals surface area (Å²) in [5.74, 6) is 1.12. The number of benzene rings is 1. The molecule has 1 fully saturated rings. The van der Waals surface area contributed by atoms with E-state index in [1.54, 1.807) is 19.1 Å². The van der Waals surface area contributed by atoms with E-state index in [-0.39, 0.29) is 22.6 Å². The molecule has 1 aromatic carbocycles. The lowest BCUT2D eigenvalue weighted by Gasteiger charge is -2.28. The lowest BCUT2D eigenvalue weighted by atomic mass is 9.98. The van der Waals surface area contributed by atoms with Gasteiger partial charge >= 0.3 is 6.18 Å². The Hall–Kier alpha value is -3.29. The number of nitriles is 1. The Balaban J connectivity index is 1.61. The summed E-state index contributed by atoms with van der Waals surface area (Å²) < 4.78 is 44.1. The van der Waals surface area contributed by atoms with Crippen molar-refractivity contribution < 1.29 is 13.2 Å². The fourth-order valence-electron chi connectivity index (χ4n) is 3.53. The second-order valence-electron chi connectivity index (χ2n) is 7.51. The van der Waals surface area contributed by atoms with Gasteiger partial charge in [-0.1, -0.05) is 12.1 Å². The predicted octanol–water partition coefficient (Wildman–Crippen LogP) is 4.87. The minimum atomic E-state index is -4.58. The molecule has 4 rings (SSSR count). The van der Waals surface area contributed by atoms with Crippen LogP contribution in [-0.2, 0) is 6.18 Å². The SMILES string of the molecule is Cc1ccc(C#N)cc1-c1nc(NSc2cccc(N3CCNCC3)n2)ccc1C(F)(F)F. The van der Waals surface area contributed by atoms with Gasteiger partial charge in [-0.3, -0.25) is 0 Å². The zero-order chi connectivity index (χ0) is 23.4. The number of pyridine rings is 2. The van der Waals surface area contributed by atoms with Crippen LogP contribution in [0.5, 0.6) is 0 Å².